The molecular weight excluding hydrogens is 349 g/mol. The van der Waals surface area contributed by atoms with Gasteiger partial charge in [-0.2, -0.15) is 0 Å². The minimum absolute atomic E-state index is 0.0976. The first-order valence-corrected chi connectivity index (χ1v) is 9.52. The Kier molecular flexibility index (Phi) is 7.76. The van der Waals surface area contributed by atoms with Crippen LogP contribution in [0.2, 0.25) is 0 Å². The lowest BCUT2D eigenvalue weighted by atomic mass is 9.97. The number of carbonyl (C=O) groups is 3. The minimum Gasteiger partial charge on any atom is -0.354 e. The molecule has 1 aliphatic rings. The van der Waals surface area contributed by atoms with E-state index < -0.39 is 5.82 Å². The summed E-state index contributed by atoms with van der Waals surface area (Å²) in [6, 6.07) is 4.32. The molecule has 0 saturated carbocycles. The highest BCUT2D eigenvalue weighted by atomic mass is 19.1. The number of nitrogens with one attached hydrogen (secondary N) is 2. The summed E-state index contributed by atoms with van der Waals surface area (Å²) in [4.78, 5) is 38.1. The number of amides is 3. The summed E-state index contributed by atoms with van der Waals surface area (Å²) in [5.41, 5.74) is 0.736. The summed E-state index contributed by atoms with van der Waals surface area (Å²) in [7, 11) is 0. The van der Waals surface area contributed by atoms with Crippen LogP contribution in [0.1, 0.15) is 48.5 Å². The van der Waals surface area contributed by atoms with Crippen LogP contribution in [0.3, 0.4) is 0 Å². The number of halogens is 1. The summed E-state index contributed by atoms with van der Waals surface area (Å²) in [6.45, 7) is 5.31. The molecule has 1 saturated heterocycles. The Labute approximate surface area is 159 Å². The van der Waals surface area contributed by atoms with Crippen molar-refractivity contribution >= 4 is 17.7 Å². The van der Waals surface area contributed by atoms with Crippen molar-refractivity contribution in [2.45, 2.75) is 39.5 Å². The molecule has 2 N–H and O–H groups in total. The predicted molar refractivity (Wildman–Crippen MR) is 101 cm³/mol. The lowest BCUT2D eigenvalue weighted by Crippen LogP contribution is -2.46. The second kappa shape index (κ2) is 10.0. The fraction of sp³-hybridized carbons (Fsp3) is 0.550. The average molecular weight is 377 g/mol. The fourth-order valence-electron chi connectivity index (χ4n) is 3.13. The Bertz CT molecular complexity index is 693. The maximum absolute atomic E-state index is 13.5. The Morgan fingerprint density at radius 2 is 1.96 bits per heavy atom. The number of nitrogens with zero attached hydrogens (tertiary/aromatic N) is 1. The summed E-state index contributed by atoms with van der Waals surface area (Å²) < 4.78 is 13.5. The van der Waals surface area contributed by atoms with Gasteiger partial charge < -0.3 is 15.5 Å². The molecule has 1 atom stereocenters. The van der Waals surface area contributed by atoms with Gasteiger partial charge >= 0.3 is 0 Å². The molecule has 1 aromatic rings. The van der Waals surface area contributed by atoms with Crippen molar-refractivity contribution < 1.29 is 18.8 Å². The third-order valence-electron chi connectivity index (χ3n) is 4.75. The van der Waals surface area contributed by atoms with E-state index in [4.69, 9.17) is 0 Å². The standard InChI is InChI=1S/C20H28FN3O3/c1-3-5-18(25)24-11-4-6-16(13-24)20(27)23-10-9-22-19(26)15-8-7-14(2)17(21)12-15/h7-8,12,16H,3-6,9-11,13H2,1-2H3,(H,22,26)(H,23,27). The van der Waals surface area contributed by atoms with Crippen LogP contribution in [0.4, 0.5) is 4.39 Å². The topological polar surface area (TPSA) is 78.5 Å². The molecule has 1 unspecified atom stereocenters. The van der Waals surface area contributed by atoms with Gasteiger partial charge in [-0.25, -0.2) is 4.39 Å². The van der Waals surface area contributed by atoms with Crippen LogP contribution < -0.4 is 10.6 Å². The van der Waals surface area contributed by atoms with Crippen molar-refractivity contribution in [1.29, 1.82) is 0 Å². The molecule has 0 radical (unpaired) electrons. The highest BCUT2D eigenvalue weighted by Gasteiger charge is 2.27. The normalized spacial score (nSPS) is 16.7. The highest BCUT2D eigenvalue weighted by Crippen LogP contribution is 2.17. The number of carbonyl (C=O) groups excluding carboxylic acids is 3. The zero-order chi connectivity index (χ0) is 19.8. The van der Waals surface area contributed by atoms with Gasteiger partial charge in [0.25, 0.3) is 5.91 Å². The SMILES string of the molecule is CCCC(=O)N1CCCC(C(=O)NCCNC(=O)c2ccc(C)c(F)c2)C1. The number of benzene rings is 1. The fourth-order valence-corrected chi connectivity index (χ4v) is 3.13. The Balaban J connectivity index is 1.73. The largest absolute Gasteiger partial charge is 0.354 e. The zero-order valence-electron chi connectivity index (χ0n) is 16.0. The first-order chi connectivity index (χ1) is 12.9. The summed E-state index contributed by atoms with van der Waals surface area (Å²) in [5.74, 6) is -0.999. The zero-order valence-corrected chi connectivity index (χ0v) is 16.0. The van der Waals surface area contributed by atoms with Gasteiger partial charge in [-0.05, 0) is 43.9 Å². The molecule has 6 nitrogen and oxygen atoms in total. The molecule has 1 aromatic carbocycles. The molecule has 0 aromatic heterocycles. The van der Waals surface area contributed by atoms with Crippen molar-refractivity contribution in [2.75, 3.05) is 26.2 Å². The van der Waals surface area contributed by atoms with Crippen molar-refractivity contribution in [2.24, 2.45) is 5.92 Å². The van der Waals surface area contributed by atoms with E-state index in [1.807, 2.05) is 6.92 Å². The van der Waals surface area contributed by atoms with Crippen LogP contribution in [-0.4, -0.2) is 48.8 Å². The van der Waals surface area contributed by atoms with Crippen LogP contribution in [0, 0.1) is 18.7 Å². The van der Waals surface area contributed by atoms with Gasteiger partial charge in [-0.3, -0.25) is 14.4 Å². The van der Waals surface area contributed by atoms with Crippen molar-refractivity contribution in [1.82, 2.24) is 15.5 Å². The van der Waals surface area contributed by atoms with Crippen molar-refractivity contribution in [3.05, 3.63) is 35.1 Å². The van der Waals surface area contributed by atoms with Gasteiger partial charge in [0, 0.05) is 38.2 Å². The van der Waals surface area contributed by atoms with E-state index in [2.05, 4.69) is 10.6 Å². The van der Waals surface area contributed by atoms with Gasteiger partial charge in [0.1, 0.15) is 5.82 Å². The summed E-state index contributed by atoms with van der Waals surface area (Å²) >= 11 is 0. The molecular formula is C20H28FN3O3. The number of piperidine rings is 1. The van der Waals surface area contributed by atoms with E-state index in [9.17, 15) is 18.8 Å². The Hall–Kier alpha value is -2.44. The Morgan fingerprint density at radius 3 is 2.67 bits per heavy atom. The molecule has 0 spiro atoms. The number of aryl methyl sites for hydroxylation is 1. The van der Waals surface area contributed by atoms with E-state index in [1.54, 1.807) is 24.0 Å². The molecule has 0 aliphatic carbocycles. The summed E-state index contributed by atoms with van der Waals surface area (Å²) in [6.07, 6.45) is 2.90. The first kappa shape index (κ1) is 20.9. The van der Waals surface area contributed by atoms with Gasteiger partial charge in [-0.15, -0.1) is 0 Å². The van der Waals surface area contributed by atoms with Crippen LogP contribution >= 0.6 is 0 Å². The van der Waals surface area contributed by atoms with Crippen LogP contribution in [-0.2, 0) is 9.59 Å². The monoisotopic (exact) mass is 377 g/mol. The van der Waals surface area contributed by atoms with Gasteiger partial charge in [-0.1, -0.05) is 13.0 Å². The molecule has 0 bridgehead atoms. The van der Waals surface area contributed by atoms with E-state index in [0.29, 0.717) is 31.6 Å². The second-order valence-electron chi connectivity index (χ2n) is 6.94. The second-order valence-corrected chi connectivity index (χ2v) is 6.94. The molecule has 2 rings (SSSR count). The lowest BCUT2D eigenvalue weighted by molar-refractivity contribution is -0.135. The van der Waals surface area contributed by atoms with Gasteiger partial charge in [0.05, 0.1) is 5.92 Å². The van der Waals surface area contributed by atoms with Crippen LogP contribution in [0.5, 0.6) is 0 Å². The van der Waals surface area contributed by atoms with E-state index in [1.165, 1.54) is 6.07 Å². The lowest BCUT2D eigenvalue weighted by Gasteiger charge is -2.32. The Morgan fingerprint density at radius 1 is 1.22 bits per heavy atom. The molecule has 3 amide bonds. The van der Waals surface area contributed by atoms with E-state index >= 15 is 0 Å². The molecule has 27 heavy (non-hydrogen) atoms. The predicted octanol–water partition coefficient (Wildman–Crippen LogP) is 2.02. The number of hydrogen-bond acceptors (Lipinski definition) is 3. The summed E-state index contributed by atoms with van der Waals surface area (Å²) in [5, 5.41) is 5.47. The van der Waals surface area contributed by atoms with Crippen molar-refractivity contribution in [3.8, 4) is 0 Å². The van der Waals surface area contributed by atoms with Crippen LogP contribution in [0.25, 0.3) is 0 Å². The van der Waals surface area contributed by atoms with Crippen molar-refractivity contribution in [3.63, 3.8) is 0 Å². The van der Waals surface area contributed by atoms with Gasteiger partial charge in [0.15, 0.2) is 0 Å². The highest BCUT2D eigenvalue weighted by molar-refractivity contribution is 5.94. The number of rotatable bonds is 7. The molecule has 1 fully saturated rings. The third kappa shape index (κ3) is 6.05. The number of likely N-dealkylation sites (tertiary alicyclic amines) is 1. The molecule has 1 heterocycles. The quantitative estimate of drug-likeness (QED) is 0.714. The van der Waals surface area contributed by atoms with E-state index in [-0.39, 0.29) is 35.7 Å². The third-order valence-corrected chi connectivity index (χ3v) is 4.75. The molecule has 7 heteroatoms. The van der Waals surface area contributed by atoms with Gasteiger partial charge in [0.2, 0.25) is 11.8 Å². The maximum atomic E-state index is 13.5. The average Bonchev–Trinajstić information content (AvgIpc) is 2.67. The minimum atomic E-state index is -0.421. The maximum Gasteiger partial charge on any atom is 0.251 e. The first-order valence-electron chi connectivity index (χ1n) is 9.52. The molecule has 1 aliphatic heterocycles. The number of hydrogen-bond donors (Lipinski definition) is 2. The van der Waals surface area contributed by atoms with Crippen LogP contribution in [0.15, 0.2) is 18.2 Å². The molecule has 148 valence electrons. The van der Waals surface area contributed by atoms with E-state index in [0.717, 1.165) is 19.3 Å². The smallest absolute Gasteiger partial charge is 0.251 e.